The van der Waals surface area contributed by atoms with Gasteiger partial charge in [0.25, 0.3) is 0 Å². The number of amides is 2. The monoisotopic (exact) mass is 372 g/mol. The number of furan rings is 1. The summed E-state index contributed by atoms with van der Waals surface area (Å²) in [5.41, 5.74) is 0.123. The molecule has 2 fully saturated rings. The van der Waals surface area contributed by atoms with Gasteiger partial charge in [0, 0.05) is 11.4 Å². The van der Waals surface area contributed by atoms with Crippen molar-refractivity contribution in [2.45, 2.75) is 57.3 Å². The number of carbonyl (C=O) groups is 1. The number of benzene rings is 1. The van der Waals surface area contributed by atoms with E-state index in [2.05, 4.69) is 5.32 Å². The maximum Gasteiger partial charge on any atom is 0.317 e. The van der Waals surface area contributed by atoms with E-state index in [0.29, 0.717) is 19.0 Å². The first kappa shape index (κ1) is 18.2. The molecule has 2 heterocycles. The van der Waals surface area contributed by atoms with E-state index < -0.39 is 5.60 Å². The molecule has 0 bridgehead atoms. The summed E-state index contributed by atoms with van der Waals surface area (Å²) in [6, 6.07) is 7.93. The van der Waals surface area contributed by atoms with Crippen LogP contribution in [-0.4, -0.2) is 46.9 Å². The van der Waals surface area contributed by atoms with Crippen LogP contribution in [0.25, 0.3) is 11.0 Å². The molecule has 4 rings (SSSR count). The fourth-order valence-electron chi connectivity index (χ4n) is 4.13. The molecule has 0 spiro atoms. The fourth-order valence-corrected chi connectivity index (χ4v) is 4.13. The van der Waals surface area contributed by atoms with Gasteiger partial charge < -0.3 is 24.5 Å². The van der Waals surface area contributed by atoms with Crippen molar-refractivity contribution >= 4 is 17.0 Å². The second kappa shape index (κ2) is 7.08. The van der Waals surface area contributed by atoms with Crippen molar-refractivity contribution in [2.75, 3.05) is 13.1 Å². The molecule has 146 valence electrons. The summed E-state index contributed by atoms with van der Waals surface area (Å²) in [5.74, 6) is 1.05. The number of para-hydroxylation sites is 1. The Hall–Kier alpha value is -2.21. The largest absolute Gasteiger partial charge is 0.483 e. The van der Waals surface area contributed by atoms with E-state index in [1.54, 1.807) is 11.2 Å². The zero-order valence-corrected chi connectivity index (χ0v) is 16.0. The predicted molar refractivity (Wildman–Crippen MR) is 103 cm³/mol. The summed E-state index contributed by atoms with van der Waals surface area (Å²) >= 11 is 0. The van der Waals surface area contributed by atoms with E-state index in [4.69, 9.17) is 9.15 Å². The predicted octanol–water partition coefficient (Wildman–Crippen LogP) is 3.54. The highest BCUT2D eigenvalue weighted by Gasteiger charge is 2.36. The van der Waals surface area contributed by atoms with Gasteiger partial charge in [0.15, 0.2) is 11.3 Å². The first-order valence-electron chi connectivity index (χ1n) is 9.81. The molecule has 2 N–H and O–H groups in total. The molecule has 0 radical (unpaired) electrons. The third-order valence-electron chi connectivity index (χ3n) is 5.93. The summed E-state index contributed by atoms with van der Waals surface area (Å²) in [6.07, 6.45) is 5.41. The van der Waals surface area contributed by atoms with Crippen LogP contribution in [0.5, 0.6) is 5.75 Å². The summed E-state index contributed by atoms with van der Waals surface area (Å²) in [4.78, 5) is 14.2. The number of fused-ring (bicyclic) bond motifs is 1. The summed E-state index contributed by atoms with van der Waals surface area (Å²) in [6.45, 7) is 4.92. The van der Waals surface area contributed by atoms with Gasteiger partial charge in [-0.2, -0.15) is 0 Å². The smallest absolute Gasteiger partial charge is 0.317 e. The highest BCUT2D eigenvalue weighted by Crippen LogP contribution is 2.33. The third-order valence-corrected chi connectivity index (χ3v) is 5.93. The zero-order chi connectivity index (χ0) is 19.0. The van der Waals surface area contributed by atoms with Crippen LogP contribution in [0.2, 0.25) is 0 Å². The normalized spacial score (nSPS) is 23.9. The Morgan fingerprint density at radius 2 is 1.96 bits per heavy atom. The molecular formula is C21H28N2O4. The zero-order valence-electron chi connectivity index (χ0n) is 16.0. The quantitative estimate of drug-likeness (QED) is 0.861. The maximum absolute atomic E-state index is 12.4. The molecule has 27 heavy (non-hydrogen) atoms. The number of hydrogen-bond donors (Lipinski definition) is 2. The lowest BCUT2D eigenvalue weighted by molar-refractivity contribution is -0.00326. The van der Waals surface area contributed by atoms with Gasteiger partial charge in [-0.15, -0.1) is 0 Å². The van der Waals surface area contributed by atoms with Crippen LogP contribution >= 0.6 is 0 Å². The van der Waals surface area contributed by atoms with Crippen molar-refractivity contribution in [3.05, 3.63) is 30.5 Å². The Balaban J connectivity index is 1.23. The molecule has 1 aliphatic carbocycles. The molecule has 2 amide bonds. The molecule has 2 aliphatic rings. The van der Waals surface area contributed by atoms with Gasteiger partial charge in [-0.3, -0.25) is 0 Å². The van der Waals surface area contributed by atoms with E-state index in [0.717, 1.165) is 42.4 Å². The van der Waals surface area contributed by atoms with Crippen LogP contribution < -0.4 is 10.1 Å². The summed E-state index contributed by atoms with van der Waals surface area (Å²) < 4.78 is 11.5. The fraction of sp³-hybridized carbons (Fsp3) is 0.571. The average Bonchev–Trinajstić information content (AvgIpc) is 3.06. The number of likely N-dealkylation sites (tertiary alicyclic amines) is 1. The highest BCUT2D eigenvalue weighted by molar-refractivity contribution is 5.83. The van der Waals surface area contributed by atoms with Crippen LogP contribution in [0.4, 0.5) is 4.79 Å². The lowest BCUT2D eigenvalue weighted by atomic mass is 9.77. The van der Waals surface area contributed by atoms with Gasteiger partial charge in [0.05, 0.1) is 25.0 Å². The van der Waals surface area contributed by atoms with E-state index >= 15 is 0 Å². The maximum atomic E-state index is 12.4. The number of ether oxygens (including phenoxy) is 1. The number of aliphatic hydroxyl groups is 1. The molecule has 2 aromatic rings. The number of rotatable bonds is 4. The van der Waals surface area contributed by atoms with Crippen LogP contribution in [0.15, 0.2) is 34.9 Å². The van der Waals surface area contributed by atoms with Crippen molar-refractivity contribution in [3.63, 3.8) is 0 Å². The SMILES string of the molecule is CC(C)(O)[C@H]1CC[C@H](NC(=O)N2CC(Oc3cccc4ccoc34)C2)CC1. The second-order valence-electron chi connectivity index (χ2n) is 8.39. The number of urea groups is 1. The molecule has 6 nitrogen and oxygen atoms in total. The van der Waals surface area contributed by atoms with Crippen molar-refractivity contribution in [2.24, 2.45) is 5.92 Å². The van der Waals surface area contributed by atoms with Crippen LogP contribution in [0.3, 0.4) is 0 Å². The van der Waals surface area contributed by atoms with Gasteiger partial charge in [-0.05, 0) is 57.6 Å². The summed E-state index contributed by atoms with van der Waals surface area (Å²) in [5, 5.41) is 14.3. The molecule has 0 atom stereocenters. The Bertz CT molecular complexity index is 796. The summed E-state index contributed by atoms with van der Waals surface area (Å²) in [7, 11) is 0. The molecule has 1 saturated carbocycles. The molecular weight excluding hydrogens is 344 g/mol. The minimum Gasteiger partial charge on any atom is -0.483 e. The topological polar surface area (TPSA) is 74.9 Å². The minimum absolute atomic E-state index is 0.00243. The van der Waals surface area contributed by atoms with Crippen molar-refractivity contribution in [1.82, 2.24) is 10.2 Å². The highest BCUT2D eigenvalue weighted by atomic mass is 16.5. The molecule has 1 aliphatic heterocycles. The minimum atomic E-state index is -0.631. The van der Waals surface area contributed by atoms with Crippen LogP contribution in [0, 0.1) is 5.92 Å². The van der Waals surface area contributed by atoms with Crippen molar-refractivity contribution < 1.29 is 19.1 Å². The van der Waals surface area contributed by atoms with Gasteiger partial charge >= 0.3 is 6.03 Å². The Labute approximate surface area is 159 Å². The molecule has 0 unspecified atom stereocenters. The molecule has 1 saturated heterocycles. The third kappa shape index (κ3) is 3.90. The van der Waals surface area contributed by atoms with Gasteiger partial charge in [0.1, 0.15) is 6.10 Å². The lowest BCUT2D eigenvalue weighted by Crippen LogP contribution is -2.60. The van der Waals surface area contributed by atoms with E-state index in [9.17, 15) is 9.90 Å². The van der Waals surface area contributed by atoms with Gasteiger partial charge in [0.2, 0.25) is 0 Å². The van der Waals surface area contributed by atoms with Gasteiger partial charge in [-0.1, -0.05) is 12.1 Å². The van der Waals surface area contributed by atoms with Crippen molar-refractivity contribution in [3.8, 4) is 5.75 Å². The standard InChI is InChI=1S/C21H28N2O4/c1-21(2,25)15-6-8-16(9-7-15)22-20(24)23-12-17(13-23)27-18-5-3-4-14-10-11-26-19(14)18/h3-5,10-11,15-17,25H,6-9,12-13H2,1-2H3,(H,22,24)/t15-,16-. The van der Waals surface area contributed by atoms with Crippen molar-refractivity contribution in [1.29, 1.82) is 0 Å². The molecule has 1 aromatic heterocycles. The van der Waals surface area contributed by atoms with Crippen LogP contribution in [0.1, 0.15) is 39.5 Å². The molecule has 6 heteroatoms. The Morgan fingerprint density at radius 3 is 2.67 bits per heavy atom. The Kier molecular flexibility index (Phi) is 4.76. The van der Waals surface area contributed by atoms with E-state index in [1.807, 2.05) is 38.1 Å². The molecule has 1 aromatic carbocycles. The number of nitrogens with zero attached hydrogens (tertiary/aromatic N) is 1. The van der Waals surface area contributed by atoms with E-state index in [-0.39, 0.29) is 18.2 Å². The van der Waals surface area contributed by atoms with E-state index in [1.165, 1.54) is 0 Å². The first-order valence-corrected chi connectivity index (χ1v) is 9.81. The number of nitrogens with one attached hydrogen (secondary N) is 1. The lowest BCUT2D eigenvalue weighted by Gasteiger charge is -2.41. The second-order valence-corrected chi connectivity index (χ2v) is 8.39. The van der Waals surface area contributed by atoms with Gasteiger partial charge in [-0.25, -0.2) is 4.79 Å². The number of carbonyl (C=O) groups excluding carboxylic acids is 1. The Morgan fingerprint density at radius 1 is 1.22 bits per heavy atom. The first-order chi connectivity index (χ1) is 12.9. The van der Waals surface area contributed by atoms with Crippen LogP contribution in [-0.2, 0) is 0 Å². The number of hydrogen-bond acceptors (Lipinski definition) is 4. The average molecular weight is 372 g/mol.